The van der Waals surface area contributed by atoms with E-state index in [4.69, 9.17) is 4.74 Å². The van der Waals surface area contributed by atoms with Crippen molar-refractivity contribution in [3.63, 3.8) is 0 Å². The largest absolute Gasteiger partial charge is 0.495 e. The summed E-state index contributed by atoms with van der Waals surface area (Å²) in [5, 5.41) is 3.01. The molecule has 0 aromatic heterocycles. The van der Waals surface area contributed by atoms with Crippen LogP contribution in [0.5, 0.6) is 5.75 Å². The Labute approximate surface area is 171 Å². The van der Waals surface area contributed by atoms with Gasteiger partial charge in [-0.2, -0.15) is 0 Å². The van der Waals surface area contributed by atoms with Gasteiger partial charge < -0.3 is 19.9 Å². The van der Waals surface area contributed by atoms with Gasteiger partial charge in [0.05, 0.1) is 12.8 Å². The molecule has 1 saturated heterocycles. The number of carbonyl (C=O) groups excluding carboxylic acids is 2. The predicted octanol–water partition coefficient (Wildman–Crippen LogP) is 3.41. The van der Waals surface area contributed by atoms with Crippen LogP contribution in [0.15, 0.2) is 54.1 Å². The minimum atomic E-state index is -0.141. The van der Waals surface area contributed by atoms with E-state index in [1.54, 1.807) is 12.0 Å². The highest BCUT2D eigenvalue weighted by Gasteiger charge is 2.18. The third kappa shape index (κ3) is 5.16. The molecule has 2 aromatic rings. The fourth-order valence-electron chi connectivity index (χ4n) is 3.36. The molecule has 0 saturated carbocycles. The Morgan fingerprint density at radius 2 is 1.83 bits per heavy atom. The summed E-state index contributed by atoms with van der Waals surface area (Å²) in [7, 11) is 1.59. The molecule has 152 valence electrons. The molecule has 2 aromatic carbocycles. The lowest BCUT2D eigenvalue weighted by molar-refractivity contribution is -0.118. The van der Waals surface area contributed by atoms with Crippen LogP contribution in [0.25, 0.3) is 6.08 Å². The first-order valence-corrected chi connectivity index (χ1v) is 9.84. The van der Waals surface area contributed by atoms with Crippen LogP contribution in [-0.4, -0.2) is 50.5 Å². The van der Waals surface area contributed by atoms with Crippen LogP contribution in [0, 0.1) is 0 Å². The number of ether oxygens (including phenoxy) is 1. The molecule has 1 N–H and O–H groups in total. The molecule has 1 aliphatic heterocycles. The van der Waals surface area contributed by atoms with Gasteiger partial charge in [0.25, 0.3) is 5.91 Å². The Balaban J connectivity index is 1.79. The number of nitrogens with one attached hydrogen (secondary N) is 1. The molecule has 0 radical (unpaired) electrons. The van der Waals surface area contributed by atoms with Crippen LogP contribution in [0.1, 0.15) is 18.9 Å². The van der Waals surface area contributed by atoms with Crippen molar-refractivity contribution in [1.29, 1.82) is 0 Å². The van der Waals surface area contributed by atoms with Crippen molar-refractivity contribution in [3.05, 3.63) is 59.7 Å². The van der Waals surface area contributed by atoms with Gasteiger partial charge in [-0.3, -0.25) is 9.59 Å². The number of hydrogen-bond donors (Lipinski definition) is 1. The summed E-state index contributed by atoms with van der Waals surface area (Å²) < 4.78 is 5.45. The maximum absolute atomic E-state index is 12.9. The number of rotatable bonds is 7. The Morgan fingerprint density at radius 1 is 1.10 bits per heavy atom. The highest BCUT2D eigenvalue weighted by molar-refractivity contribution is 6.07. The van der Waals surface area contributed by atoms with Crippen molar-refractivity contribution in [2.45, 2.75) is 13.3 Å². The molecule has 29 heavy (non-hydrogen) atoms. The quantitative estimate of drug-likeness (QED) is 0.579. The first-order chi connectivity index (χ1) is 14.1. The van der Waals surface area contributed by atoms with Crippen LogP contribution >= 0.6 is 0 Å². The highest BCUT2D eigenvalue weighted by Crippen LogP contribution is 2.31. The molecule has 2 amide bonds. The van der Waals surface area contributed by atoms with Gasteiger partial charge in [-0.15, -0.1) is 0 Å². The fraction of sp³-hybridized carbons (Fsp3) is 0.304. The lowest BCUT2D eigenvalue weighted by Crippen LogP contribution is -2.45. The summed E-state index contributed by atoms with van der Waals surface area (Å²) >= 11 is 0. The Bertz CT molecular complexity index is 872. The summed E-state index contributed by atoms with van der Waals surface area (Å²) in [4.78, 5) is 27.8. The number of piperazine rings is 1. The maximum Gasteiger partial charge on any atom is 0.251 e. The topological polar surface area (TPSA) is 61.9 Å². The minimum absolute atomic E-state index is 0.141. The third-order valence-corrected chi connectivity index (χ3v) is 5.07. The fourth-order valence-corrected chi connectivity index (χ4v) is 3.36. The number of anilines is 2. The van der Waals surface area contributed by atoms with E-state index in [9.17, 15) is 9.59 Å². The minimum Gasteiger partial charge on any atom is -0.495 e. The zero-order chi connectivity index (χ0) is 20.6. The van der Waals surface area contributed by atoms with E-state index < -0.39 is 0 Å². The standard InChI is InChI=1S/C23H27N3O3/c1-3-19(15-18-7-5-4-6-8-18)23(28)24-21-16-20(9-10-22(21)29-2)26-13-11-25(17-27)12-14-26/h4-10,15-17H,3,11-14H2,1-2H3,(H,24,28)/b19-15+. The van der Waals surface area contributed by atoms with Gasteiger partial charge in [-0.1, -0.05) is 37.3 Å². The van der Waals surface area contributed by atoms with E-state index >= 15 is 0 Å². The van der Waals surface area contributed by atoms with Crippen LogP contribution in [0.3, 0.4) is 0 Å². The SMILES string of the molecule is CC/C(=C\c1ccccc1)C(=O)Nc1cc(N2CCN(C=O)CC2)ccc1OC. The molecule has 1 aliphatic rings. The van der Waals surface area contributed by atoms with Gasteiger partial charge in [-0.05, 0) is 36.3 Å². The molecule has 0 spiro atoms. The van der Waals surface area contributed by atoms with E-state index in [0.29, 0.717) is 36.5 Å². The molecule has 1 heterocycles. The molecular formula is C23H27N3O3. The number of amides is 2. The van der Waals surface area contributed by atoms with Crippen molar-refractivity contribution in [2.24, 2.45) is 0 Å². The monoisotopic (exact) mass is 393 g/mol. The molecule has 0 bridgehead atoms. The second-order valence-electron chi connectivity index (χ2n) is 6.90. The van der Waals surface area contributed by atoms with Crippen LogP contribution in [0.4, 0.5) is 11.4 Å². The van der Waals surface area contributed by atoms with Crippen molar-refractivity contribution < 1.29 is 14.3 Å². The normalized spacial score (nSPS) is 14.5. The maximum atomic E-state index is 12.9. The highest BCUT2D eigenvalue weighted by atomic mass is 16.5. The van der Waals surface area contributed by atoms with E-state index in [1.807, 2.05) is 61.5 Å². The number of hydrogen-bond acceptors (Lipinski definition) is 4. The summed E-state index contributed by atoms with van der Waals surface area (Å²) in [6.07, 6.45) is 3.42. The molecular weight excluding hydrogens is 366 g/mol. The van der Waals surface area contributed by atoms with E-state index in [2.05, 4.69) is 10.2 Å². The summed E-state index contributed by atoms with van der Waals surface area (Å²) in [5.74, 6) is 0.473. The molecule has 6 heteroatoms. The first kappa shape index (κ1) is 20.5. The van der Waals surface area contributed by atoms with Crippen molar-refractivity contribution in [3.8, 4) is 5.75 Å². The zero-order valence-corrected chi connectivity index (χ0v) is 16.9. The molecule has 0 atom stereocenters. The number of methoxy groups -OCH3 is 1. The van der Waals surface area contributed by atoms with Gasteiger partial charge in [-0.25, -0.2) is 0 Å². The van der Waals surface area contributed by atoms with Gasteiger partial charge in [0.1, 0.15) is 5.75 Å². The second kappa shape index (κ2) is 9.78. The van der Waals surface area contributed by atoms with E-state index in [0.717, 1.165) is 30.8 Å². The van der Waals surface area contributed by atoms with Gasteiger partial charge >= 0.3 is 0 Å². The summed E-state index contributed by atoms with van der Waals surface area (Å²) in [6.45, 7) is 4.86. The summed E-state index contributed by atoms with van der Waals surface area (Å²) in [5.41, 5.74) is 3.33. The second-order valence-corrected chi connectivity index (χ2v) is 6.90. The number of nitrogens with zero attached hydrogens (tertiary/aromatic N) is 2. The van der Waals surface area contributed by atoms with Crippen LogP contribution < -0.4 is 15.0 Å². The molecule has 3 rings (SSSR count). The van der Waals surface area contributed by atoms with Gasteiger partial charge in [0.15, 0.2) is 0 Å². The smallest absolute Gasteiger partial charge is 0.251 e. The lowest BCUT2D eigenvalue weighted by atomic mass is 10.1. The summed E-state index contributed by atoms with van der Waals surface area (Å²) in [6, 6.07) is 15.6. The molecule has 0 aliphatic carbocycles. The van der Waals surface area contributed by atoms with Crippen molar-refractivity contribution in [1.82, 2.24) is 4.90 Å². The van der Waals surface area contributed by atoms with Crippen LogP contribution in [0.2, 0.25) is 0 Å². The third-order valence-electron chi connectivity index (χ3n) is 5.07. The Kier molecular flexibility index (Phi) is 6.89. The Hall–Kier alpha value is -3.28. The number of benzene rings is 2. The predicted molar refractivity (Wildman–Crippen MR) is 116 cm³/mol. The molecule has 1 fully saturated rings. The van der Waals surface area contributed by atoms with Gasteiger partial charge in [0, 0.05) is 37.4 Å². The average molecular weight is 393 g/mol. The first-order valence-electron chi connectivity index (χ1n) is 9.84. The van der Waals surface area contributed by atoms with Crippen molar-refractivity contribution in [2.75, 3.05) is 43.5 Å². The molecule has 0 unspecified atom stereocenters. The van der Waals surface area contributed by atoms with Gasteiger partial charge in [0.2, 0.25) is 6.41 Å². The zero-order valence-electron chi connectivity index (χ0n) is 16.9. The lowest BCUT2D eigenvalue weighted by Gasteiger charge is -2.34. The number of carbonyl (C=O) groups is 2. The van der Waals surface area contributed by atoms with E-state index in [-0.39, 0.29) is 5.91 Å². The van der Waals surface area contributed by atoms with Crippen molar-refractivity contribution >= 4 is 29.8 Å². The molecule has 6 nitrogen and oxygen atoms in total. The average Bonchev–Trinajstić information content (AvgIpc) is 2.78. The Morgan fingerprint density at radius 3 is 2.45 bits per heavy atom. The van der Waals surface area contributed by atoms with E-state index in [1.165, 1.54) is 0 Å². The van der Waals surface area contributed by atoms with Crippen LogP contribution in [-0.2, 0) is 9.59 Å².